The number of thioether (sulfide) groups is 1. The summed E-state index contributed by atoms with van der Waals surface area (Å²) in [6.07, 6.45) is 0. The minimum absolute atomic E-state index is 0.0616. The van der Waals surface area contributed by atoms with E-state index in [4.69, 9.17) is 0 Å². The predicted octanol–water partition coefficient (Wildman–Crippen LogP) is 2.31. The van der Waals surface area contributed by atoms with E-state index in [0.29, 0.717) is 17.5 Å². The van der Waals surface area contributed by atoms with E-state index in [-0.39, 0.29) is 11.9 Å². The Morgan fingerprint density at radius 1 is 1.36 bits per heavy atom. The molecule has 2 rings (SSSR count). The van der Waals surface area contributed by atoms with Gasteiger partial charge in [-0.1, -0.05) is 36.0 Å². The van der Waals surface area contributed by atoms with Gasteiger partial charge in [0.1, 0.15) is 0 Å². The number of hydrogen-bond donors (Lipinski definition) is 0. The lowest BCUT2D eigenvalue weighted by Gasteiger charge is -2.18. The van der Waals surface area contributed by atoms with Gasteiger partial charge in [0.25, 0.3) is 0 Å². The standard InChI is InChI=1S/C15H21N5OS/c1-11(2)20-15(16-17-18-20)22-10-14(21)19(4)9-13-8-6-5-7-12(13)3/h5-8,11H,9-10H2,1-4H3. The summed E-state index contributed by atoms with van der Waals surface area (Å²) in [6.45, 7) is 6.68. The van der Waals surface area contributed by atoms with Crippen LogP contribution in [-0.4, -0.2) is 43.8 Å². The first-order valence-electron chi connectivity index (χ1n) is 7.18. The maximum atomic E-state index is 12.3. The second-order valence-electron chi connectivity index (χ2n) is 5.46. The number of carbonyl (C=O) groups is 1. The van der Waals surface area contributed by atoms with Crippen LogP contribution in [0.3, 0.4) is 0 Å². The lowest BCUT2D eigenvalue weighted by molar-refractivity contribution is -0.127. The van der Waals surface area contributed by atoms with E-state index in [1.165, 1.54) is 17.3 Å². The number of hydrogen-bond acceptors (Lipinski definition) is 5. The largest absolute Gasteiger partial charge is 0.341 e. The Kier molecular flexibility index (Phi) is 5.54. The summed E-state index contributed by atoms with van der Waals surface area (Å²) in [4.78, 5) is 14.0. The van der Waals surface area contributed by atoms with Crippen LogP contribution in [0.15, 0.2) is 29.4 Å². The molecule has 0 aliphatic carbocycles. The van der Waals surface area contributed by atoms with Crippen molar-refractivity contribution in [3.05, 3.63) is 35.4 Å². The van der Waals surface area contributed by atoms with E-state index >= 15 is 0 Å². The maximum absolute atomic E-state index is 12.3. The molecule has 1 amide bonds. The van der Waals surface area contributed by atoms with Crippen molar-refractivity contribution >= 4 is 17.7 Å². The molecule has 0 unspecified atom stereocenters. The Morgan fingerprint density at radius 2 is 2.09 bits per heavy atom. The van der Waals surface area contributed by atoms with Gasteiger partial charge in [-0.3, -0.25) is 4.79 Å². The van der Waals surface area contributed by atoms with E-state index in [0.717, 1.165) is 5.56 Å². The second-order valence-corrected chi connectivity index (χ2v) is 6.41. The Balaban J connectivity index is 1.92. The Labute approximate surface area is 134 Å². The third-order valence-corrected chi connectivity index (χ3v) is 4.29. The number of aromatic nitrogens is 4. The monoisotopic (exact) mass is 319 g/mol. The predicted molar refractivity (Wildman–Crippen MR) is 86.6 cm³/mol. The van der Waals surface area contributed by atoms with Gasteiger partial charge in [0, 0.05) is 13.6 Å². The molecule has 0 radical (unpaired) electrons. The average Bonchev–Trinajstić information content (AvgIpc) is 2.95. The van der Waals surface area contributed by atoms with Crippen molar-refractivity contribution in [1.29, 1.82) is 0 Å². The molecule has 6 nitrogen and oxygen atoms in total. The number of benzene rings is 1. The fourth-order valence-corrected chi connectivity index (χ4v) is 2.92. The molecule has 0 saturated carbocycles. The molecule has 0 fully saturated rings. The van der Waals surface area contributed by atoms with Crippen molar-refractivity contribution in [1.82, 2.24) is 25.1 Å². The molecule has 0 N–H and O–H groups in total. The van der Waals surface area contributed by atoms with E-state index in [2.05, 4.69) is 28.5 Å². The zero-order valence-electron chi connectivity index (χ0n) is 13.4. The first-order chi connectivity index (χ1) is 10.5. The molecular formula is C15H21N5OS. The molecule has 0 saturated heterocycles. The van der Waals surface area contributed by atoms with Gasteiger partial charge >= 0.3 is 0 Å². The van der Waals surface area contributed by atoms with Crippen molar-refractivity contribution in [3.63, 3.8) is 0 Å². The molecule has 22 heavy (non-hydrogen) atoms. The fraction of sp³-hybridized carbons (Fsp3) is 0.467. The van der Waals surface area contributed by atoms with E-state index in [1.807, 2.05) is 39.1 Å². The summed E-state index contributed by atoms with van der Waals surface area (Å²) >= 11 is 1.37. The minimum Gasteiger partial charge on any atom is -0.341 e. The van der Waals surface area contributed by atoms with Crippen LogP contribution in [0.5, 0.6) is 0 Å². The maximum Gasteiger partial charge on any atom is 0.233 e. The smallest absolute Gasteiger partial charge is 0.233 e. The molecule has 2 aromatic rings. The normalized spacial score (nSPS) is 11.0. The van der Waals surface area contributed by atoms with Crippen molar-refractivity contribution in [2.24, 2.45) is 0 Å². The summed E-state index contributed by atoms with van der Waals surface area (Å²) in [5, 5.41) is 12.2. The van der Waals surface area contributed by atoms with Gasteiger partial charge < -0.3 is 4.90 Å². The Morgan fingerprint density at radius 3 is 2.77 bits per heavy atom. The average molecular weight is 319 g/mol. The van der Waals surface area contributed by atoms with E-state index in [1.54, 1.807) is 9.58 Å². The zero-order valence-corrected chi connectivity index (χ0v) is 14.2. The van der Waals surface area contributed by atoms with Crippen LogP contribution in [-0.2, 0) is 11.3 Å². The molecular weight excluding hydrogens is 298 g/mol. The van der Waals surface area contributed by atoms with E-state index < -0.39 is 0 Å². The SMILES string of the molecule is Cc1ccccc1CN(C)C(=O)CSc1nnnn1C(C)C. The zero-order chi connectivity index (χ0) is 16.1. The van der Waals surface area contributed by atoms with Gasteiger partial charge in [0.15, 0.2) is 0 Å². The van der Waals surface area contributed by atoms with Crippen LogP contribution >= 0.6 is 11.8 Å². The lowest BCUT2D eigenvalue weighted by atomic mass is 10.1. The first kappa shape index (κ1) is 16.5. The van der Waals surface area contributed by atoms with Gasteiger partial charge in [0.2, 0.25) is 11.1 Å². The molecule has 118 valence electrons. The molecule has 1 aromatic heterocycles. The van der Waals surface area contributed by atoms with Crippen LogP contribution in [0.4, 0.5) is 0 Å². The summed E-state index contributed by atoms with van der Waals surface area (Å²) in [7, 11) is 1.82. The summed E-state index contributed by atoms with van der Waals surface area (Å²) in [6, 6.07) is 8.27. The van der Waals surface area contributed by atoms with Gasteiger partial charge in [-0.05, 0) is 42.3 Å². The van der Waals surface area contributed by atoms with Crippen LogP contribution in [0.25, 0.3) is 0 Å². The Hall–Kier alpha value is -1.89. The number of tetrazole rings is 1. The molecule has 0 aliphatic heterocycles. The molecule has 0 aliphatic rings. The summed E-state index contributed by atoms with van der Waals surface area (Å²) in [5.41, 5.74) is 2.36. The van der Waals surface area contributed by atoms with Crippen LogP contribution in [0, 0.1) is 6.92 Å². The quantitative estimate of drug-likeness (QED) is 0.765. The van der Waals surface area contributed by atoms with Gasteiger partial charge in [-0.15, -0.1) is 5.10 Å². The van der Waals surface area contributed by atoms with Crippen molar-refractivity contribution in [2.45, 2.75) is 38.5 Å². The fourth-order valence-electron chi connectivity index (χ4n) is 1.97. The van der Waals surface area contributed by atoms with Crippen molar-refractivity contribution in [3.8, 4) is 0 Å². The first-order valence-corrected chi connectivity index (χ1v) is 8.16. The van der Waals surface area contributed by atoms with E-state index in [9.17, 15) is 4.79 Å². The van der Waals surface area contributed by atoms with Crippen LogP contribution in [0.2, 0.25) is 0 Å². The molecule has 0 bridgehead atoms. The minimum atomic E-state index is 0.0616. The lowest BCUT2D eigenvalue weighted by Crippen LogP contribution is -2.28. The Bertz CT molecular complexity index is 640. The highest BCUT2D eigenvalue weighted by atomic mass is 32.2. The van der Waals surface area contributed by atoms with Crippen LogP contribution < -0.4 is 0 Å². The number of aryl methyl sites for hydroxylation is 1. The summed E-state index contributed by atoms with van der Waals surface area (Å²) in [5.74, 6) is 0.390. The molecule has 1 heterocycles. The summed E-state index contributed by atoms with van der Waals surface area (Å²) < 4.78 is 1.72. The van der Waals surface area contributed by atoms with Gasteiger partial charge in [-0.2, -0.15) is 0 Å². The third-order valence-electron chi connectivity index (χ3n) is 3.37. The number of nitrogens with zero attached hydrogens (tertiary/aromatic N) is 5. The number of amides is 1. The van der Waals surface area contributed by atoms with Crippen molar-refractivity contribution < 1.29 is 4.79 Å². The van der Waals surface area contributed by atoms with Crippen molar-refractivity contribution in [2.75, 3.05) is 12.8 Å². The highest BCUT2D eigenvalue weighted by Crippen LogP contribution is 2.18. The molecule has 0 spiro atoms. The number of carbonyl (C=O) groups excluding carboxylic acids is 1. The molecule has 7 heteroatoms. The molecule has 1 aromatic carbocycles. The topological polar surface area (TPSA) is 63.9 Å². The second kappa shape index (κ2) is 7.40. The van der Waals surface area contributed by atoms with Gasteiger partial charge in [0.05, 0.1) is 11.8 Å². The highest BCUT2D eigenvalue weighted by molar-refractivity contribution is 7.99. The van der Waals surface area contributed by atoms with Gasteiger partial charge in [-0.25, -0.2) is 4.68 Å². The third kappa shape index (κ3) is 4.07. The molecule has 0 atom stereocenters. The highest BCUT2D eigenvalue weighted by Gasteiger charge is 2.15. The van der Waals surface area contributed by atoms with Crippen LogP contribution in [0.1, 0.15) is 31.0 Å². The number of rotatable bonds is 6.